The minimum Gasteiger partial charge on any atom is -0.790 e. The van der Waals surface area contributed by atoms with E-state index in [9.17, 15) is 23.8 Å². The van der Waals surface area contributed by atoms with Gasteiger partial charge in [0.2, 0.25) is 0 Å². The maximum absolute atomic E-state index is 11.2. The number of nitrogens with two attached hydrogens (primary N) is 1. The third-order valence-electron chi connectivity index (χ3n) is 3.81. The van der Waals surface area contributed by atoms with Gasteiger partial charge in [0.15, 0.2) is 0 Å². The van der Waals surface area contributed by atoms with Crippen LogP contribution in [0, 0.1) is 6.92 Å². The third kappa shape index (κ3) is 6.56. The first kappa shape index (κ1) is 21.7. The number of anilines is 1. The van der Waals surface area contributed by atoms with Crippen LogP contribution in [-0.2, 0) is 24.5 Å². The zero-order valence-corrected chi connectivity index (χ0v) is 16.7. The van der Waals surface area contributed by atoms with Crippen molar-refractivity contribution in [3.8, 4) is 0 Å². The molecule has 11 nitrogen and oxygen atoms in total. The highest BCUT2D eigenvalue weighted by atomic mass is 32.2. The summed E-state index contributed by atoms with van der Waals surface area (Å²) in [5.41, 5.74) is 6.70. The van der Waals surface area contributed by atoms with Crippen molar-refractivity contribution in [2.75, 3.05) is 18.2 Å². The maximum Gasteiger partial charge on any atom is 0.271 e. The van der Waals surface area contributed by atoms with Gasteiger partial charge in [-0.15, -0.1) is 11.8 Å². The van der Waals surface area contributed by atoms with Crippen LogP contribution in [0.15, 0.2) is 6.20 Å². The second-order valence-electron chi connectivity index (χ2n) is 5.75. The molecule has 0 aliphatic carbocycles. The highest BCUT2D eigenvalue weighted by Crippen LogP contribution is 2.50. The van der Waals surface area contributed by atoms with E-state index in [-0.39, 0.29) is 17.9 Å². The van der Waals surface area contributed by atoms with Crippen LogP contribution in [0.4, 0.5) is 5.82 Å². The molecule has 1 aliphatic heterocycles. The van der Waals surface area contributed by atoms with E-state index in [0.717, 1.165) is 5.56 Å². The minimum absolute atomic E-state index is 0.0499. The molecule has 0 amide bonds. The topological polar surface area (TPSA) is 177 Å². The third-order valence-corrected chi connectivity index (χ3v) is 7.45. The van der Waals surface area contributed by atoms with Crippen LogP contribution >= 0.6 is 27.4 Å². The van der Waals surface area contributed by atoms with Crippen LogP contribution in [0.2, 0.25) is 0 Å². The Labute approximate surface area is 155 Å². The van der Waals surface area contributed by atoms with E-state index in [0.29, 0.717) is 30.5 Å². The fourth-order valence-corrected chi connectivity index (χ4v) is 5.40. The smallest absolute Gasteiger partial charge is 0.271 e. The fourth-order valence-electron chi connectivity index (χ4n) is 2.48. The van der Waals surface area contributed by atoms with Crippen LogP contribution in [-0.4, -0.2) is 38.6 Å². The van der Waals surface area contributed by atoms with Crippen molar-refractivity contribution < 1.29 is 32.6 Å². The Bertz CT molecular complexity index is 734. The lowest BCUT2D eigenvalue weighted by atomic mass is 10.1. The number of hydrogen-bond acceptors (Lipinski definition) is 12. The lowest BCUT2D eigenvalue weighted by Gasteiger charge is -2.35. The molecule has 1 fully saturated rings. The molecular formula is C12H19N4O7P2S-3. The summed E-state index contributed by atoms with van der Waals surface area (Å²) in [5, 5.41) is 0.0499. The number of phosphoric acid groups is 2. The van der Waals surface area contributed by atoms with Gasteiger partial charge in [-0.25, -0.2) is 9.97 Å². The average molecular weight is 425 g/mol. The molecule has 0 radical (unpaired) electrons. The summed E-state index contributed by atoms with van der Waals surface area (Å²) >= 11 is 1.60. The van der Waals surface area contributed by atoms with Crippen molar-refractivity contribution in [3.63, 3.8) is 0 Å². The first-order chi connectivity index (χ1) is 12.0. The molecular weight excluding hydrogens is 406 g/mol. The summed E-state index contributed by atoms with van der Waals surface area (Å²) in [4.78, 5) is 42.3. The van der Waals surface area contributed by atoms with E-state index < -0.39 is 15.6 Å². The quantitative estimate of drug-likeness (QED) is 0.521. The van der Waals surface area contributed by atoms with Crippen molar-refractivity contribution in [1.29, 1.82) is 0 Å². The van der Waals surface area contributed by atoms with Crippen molar-refractivity contribution in [2.45, 2.75) is 38.1 Å². The van der Waals surface area contributed by atoms with E-state index in [4.69, 9.17) is 5.73 Å². The van der Waals surface area contributed by atoms with Gasteiger partial charge in [0, 0.05) is 35.5 Å². The van der Waals surface area contributed by atoms with Gasteiger partial charge in [-0.2, -0.15) is 0 Å². The van der Waals surface area contributed by atoms with Crippen LogP contribution < -0.4 is 20.4 Å². The lowest BCUT2D eigenvalue weighted by molar-refractivity contribution is -0.339. The maximum atomic E-state index is 11.2. The van der Waals surface area contributed by atoms with Gasteiger partial charge in [-0.3, -0.25) is 13.8 Å². The molecule has 2 heterocycles. The molecule has 0 aromatic carbocycles. The van der Waals surface area contributed by atoms with Gasteiger partial charge in [0.25, 0.3) is 7.82 Å². The van der Waals surface area contributed by atoms with Gasteiger partial charge < -0.3 is 29.5 Å². The Kier molecular flexibility index (Phi) is 7.23. The normalized spacial score (nSPS) is 23.9. The second kappa shape index (κ2) is 8.64. The molecule has 0 spiro atoms. The van der Waals surface area contributed by atoms with Crippen molar-refractivity contribution in [1.82, 2.24) is 14.9 Å². The Hall–Kier alpha value is -0.550. The molecule has 2 N–H and O–H groups in total. The number of aryl methyl sites for hydroxylation is 1. The first-order valence-corrected chi connectivity index (χ1v) is 11.6. The van der Waals surface area contributed by atoms with Crippen LogP contribution in [0.3, 0.4) is 0 Å². The number of hydrogen-bond donors (Lipinski definition) is 1. The van der Waals surface area contributed by atoms with Crippen LogP contribution in [0.25, 0.3) is 0 Å². The molecule has 2 rings (SSSR count). The van der Waals surface area contributed by atoms with Gasteiger partial charge in [-0.05, 0) is 20.3 Å². The summed E-state index contributed by atoms with van der Waals surface area (Å²) in [7, 11) is -10.8. The number of nitrogens with zero attached hydrogens (tertiary/aromatic N) is 3. The van der Waals surface area contributed by atoms with E-state index >= 15 is 0 Å². The molecule has 1 aromatic rings. The van der Waals surface area contributed by atoms with Gasteiger partial charge >= 0.3 is 0 Å². The monoisotopic (exact) mass is 425 g/mol. The van der Waals surface area contributed by atoms with E-state index in [2.05, 4.69) is 23.7 Å². The standard InChI is InChI=1S/C12H22N4O7P2S/c1-8-11(3-4-22-25(20,21)23-24(17,18)19)26-7-16(8)6-10-5-14-9(2)15-12(10)13/h5,8,11H,3-4,6-7H2,1-2H3,(H,20,21)(H2,13,14,15)(H2,17,18,19)/p-3. The zero-order valence-electron chi connectivity index (χ0n) is 14.1. The fraction of sp³-hybridized carbons (Fsp3) is 0.667. The largest absolute Gasteiger partial charge is 0.790 e. The minimum atomic E-state index is -5.66. The molecule has 148 valence electrons. The molecule has 14 heteroatoms. The van der Waals surface area contributed by atoms with Crippen molar-refractivity contribution in [2.24, 2.45) is 0 Å². The second-order valence-corrected chi connectivity index (χ2v) is 9.64. The lowest BCUT2D eigenvalue weighted by Crippen LogP contribution is -2.32. The summed E-state index contributed by atoms with van der Waals surface area (Å²) < 4.78 is 29.4. The molecule has 0 saturated carbocycles. The molecule has 1 saturated heterocycles. The van der Waals surface area contributed by atoms with E-state index in [1.807, 2.05) is 6.92 Å². The van der Waals surface area contributed by atoms with E-state index in [1.165, 1.54) is 0 Å². The Balaban J connectivity index is 1.84. The zero-order chi connectivity index (χ0) is 19.5. The molecule has 1 aromatic heterocycles. The summed E-state index contributed by atoms with van der Waals surface area (Å²) in [6.45, 7) is 4.00. The van der Waals surface area contributed by atoms with Gasteiger partial charge in [-0.1, -0.05) is 0 Å². The predicted octanol–water partition coefficient (Wildman–Crippen LogP) is -0.649. The van der Waals surface area contributed by atoms with Gasteiger partial charge in [0.1, 0.15) is 11.6 Å². The van der Waals surface area contributed by atoms with Crippen molar-refractivity contribution in [3.05, 3.63) is 17.6 Å². The molecule has 0 bridgehead atoms. The van der Waals surface area contributed by atoms with Crippen LogP contribution in [0.5, 0.6) is 0 Å². The van der Waals surface area contributed by atoms with E-state index in [1.54, 1.807) is 24.9 Å². The summed E-state index contributed by atoms with van der Waals surface area (Å²) in [6, 6.07) is 0.0846. The Morgan fingerprint density at radius 3 is 2.73 bits per heavy atom. The number of rotatable bonds is 8. The Morgan fingerprint density at radius 2 is 2.12 bits per heavy atom. The van der Waals surface area contributed by atoms with Crippen molar-refractivity contribution >= 4 is 33.2 Å². The molecule has 3 atom stereocenters. The highest BCUT2D eigenvalue weighted by molar-refractivity contribution is 8.00. The number of nitrogen functional groups attached to an aromatic ring is 1. The highest BCUT2D eigenvalue weighted by Gasteiger charge is 2.31. The first-order valence-electron chi connectivity index (χ1n) is 7.59. The number of thioether (sulfide) groups is 1. The van der Waals surface area contributed by atoms with Gasteiger partial charge in [0.05, 0.1) is 14.4 Å². The molecule has 1 aliphatic rings. The number of phosphoric ester groups is 1. The summed E-state index contributed by atoms with van der Waals surface area (Å²) in [5.74, 6) is 1.71. The molecule has 3 unspecified atom stereocenters. The Morgan fingerprint density at radius 1 is 1.42 bits per heavy atom. The number of aromatic nitrogens is 2. The van der Waals surface area contributed by atoms with Crippen LogP contribution in [0.1, 0.15) is 24.7 Å². The average Bonchev–Trinajstić information content (AvgIpc) is 2.80. The SMILES string of the molecule is Cc1ncc(CN2CSC(CCOP(=O)([O-])OP(=O)([O-])[O-])C2C)c(N)n1. The molecule has 26 heavy (non-hydrogen) atoms. The summed E-state index contributed by atoms with van der Waals surface area (Å²) in [6.07, 6.45) is 2.01. The predicted molar refractivity (Wildman–Crippen MR) is 89.3 cm³/mol.